The second-order valence-corrected chi connectivity index (χ2v) is 8.78. The number of hydrogen-bond donors (Lipinski definition) is 1. The Bertz CT molecular complexity index is 1270. The third kappa shape index (κ3) is 4.94. The Balaban J connectivity index is 1.29. The number of carbonyl (C=O) groups is 1. The molecule has 174 valence electrons. The minimum atomic E-state index is 0.0326. The summed E-state index contributed by atoms with van der Waals surface area (Å²) in [7, 11) is 0. The molecule has 4 aromatic rings. The number of benzene rings is 1. The molecule has 0 radical (unpaired) electrons. The lowest BCUT2D eigenvalue weighted by Crippen LogP contribution is -2.36. The first-order chi connectivity index (χ1) is 16.7. The van der Waals surface area contributed by atoms with Gasteiger partial charge >= 0.3 is 0 Å². The van der Waals surface area contributed by atoms with Crippen LogP contribution in [0.5, 0.6) is 0 Å². The lowest BCUT2D eigenvalue weighted by atomic mass is 10.0. The molecule has 0 saturated carbocycles. The smallest absolute Gasteiger partial charge is 0.254 e. The number of ether oxygens (including phenoxy) is 1. The molecule has 7 heteroatoms. The van der Waals surface area contributed by atoms with Gasteiger partial charge in [-0.25, -0.2) is 0 Å². The summed E-state index contributed by atoms with van der Waals surface area (Å²) in [6, 6.07) is 15.8. The van der Waals surface area contributed by atoms with Crippen LogP contribution in [0.25, 0.3) is 5.52 Å². The van der Waals surface area contributed by atoms with E-state index in [1.165, 1.54) is 0 Å². The number of anilines is 1. The molecule has 1 aliphatic heterocycles. The summed E-state index contributed by atoms with van der Waals surface area (Å²) in [5.41, 5.74) is 5.82. The van der Waals surface area contributed by atoms with Crippen LogP contribution in [0, 0.1) is 12.8 Å². The first-order valence-electron chi connectivity index (χ1n) is 11.7. The molecule has 1 atom stereocenters. The number of amides is 1. The van der Waals surface area contributed by atoms with Crippen LogP contribution in [0.2, 0.25) is 0 Å². The van der Waals surface area contributed by atoms with Gasteiger partial charge in [0.2, 0.25) is 0 Å². The van der Waals surface area contributed by atoms with Gasteiger partial charge in [-0.15, -0.1) is 0 Å². The van der Waals surface area contributed by atoms with Crippen molar-refractivity contribution < 1.29 is 9.53 Å². The maximum atomic E-state index is 13.5. The molecule has 0 unspecified atom stereocenters. The maximum Gasteiger partial charge on any atom is 0.254 e. The zero-order valence-electron chi connectivity index (χ0n) is 19.4. The number of nitrogens with zero attached hydrogens (tertiary/aromatic N) is 4. The average molecular weight is 456 g/mol. The number of pyridine rings is 1. The van der Waals surface area contributed by atoms with E-state index in [-0.39, 0.29) is 11.8 Å². The minimum absolute atomic E-state index is 0.0326. The van der Waals surface area contributed by atoms with Crippen LogP contribution in [0.15, 0.2) is 73.3 Å². The van der Waals surface area contributed by atoms with E-state index >= 15 is 0 Å². The van der Waals surface area contributed by atoms with Gasteiger partial charge in [-0.2, -0.15) is 0 Å². The van der Waals surface area contributed by atoms with E-state index in [0.717, 1.165) is 34.6 Å². The number of fused-ring (bicyclic) bond motifs is 1. The van der Waals surface area contributed by atoms with Gasteiger partial charge in [-0.1, -0.05) is 12.1 Å². The molecule has 0 aliphatic carbocycles. The molecule has 34 heavy (non-hydrogen) atoms. The second kappa shape index (κ2) is 10.1. The van der Waals surface area contributed by atoms with Crippen LogP contribution in [-0.4, -0.2) is 51.5 Å². The molecule has 1 aliphatic rings. The standard InChI is InChI=1S/C27H29N5O2/c1-20-7-8-22(16-24(20)30-17-23-5-2-3-9-28-23)27(33)32-13-14-34-19-21(18-32)15-25-26-6-4-11-31(26)12-10-29-25/h2-12,16,21,30H,13-15,17-19H2,1H3/t21-/m0/s1. The molecule has 4 heterocycles. The van der Waals surface area contributed by atoms with Gasteiger partial charge in [-0.05, 0) is 55.3 Å². The summed E-state index contributed by atoms with van der Waals surface area (Å²) in [4.78, 5) is 24.4. The minimum Gasteiger partial charge on any atom is -0.379 e. The van der Waals surface area contributed by atoms with Crippen molar-refractivity contribution in [2.75, 3.05) is 31.6 Å². The molecule has 0 spiro atoms. The van der Waals surface area contributed by atoms with E-state index in [2.05, 4.69) is 25.8 Å². The number of rotatable bonds is 6. The van der Waals surface area contributed by atoms with Crippen LogP contribution in [0.3, 0.4) is 0 Å². The van der Waals surface area contributed by atoms with Gasteiger partial charge in [0.25, 0.3) is 5.91 Å². The Labute approximate surface area is 199 Å². The number of nitrogens with one attached hydrogen (secondary N) is 1. The molecule has 5 rings (SSSR count). The van der Waals surface area contributed by atoms with Crippen molar-refractivity contribution in [1.29, 1.82) is 0 Å². The zero-order chi connectivity index (χ0) is 23.3. The number of aryl methyl sites for hydroxylation is 1. The van der Waals surface area contributed by atoms with E-state index in [1.807, 2.05) is 72.9 Å². The van der Waals surface area contributed by atoms with Gasteiger partial charge in [-0.3, -0.25) is 14.8 Å². The largest absolute Gasteiger partial charge is 0.379 e. The van der Waals surface area contributed by atoms with E-state index < -0.39 is 0 Å². The van der Waals surface area contributed by atoms with Crippen LogP contribution < -0.4 is 5.32 Å². The van der Waals surface area contributed by atoms with Crippen molar-refractivity contribution >= 4 is 17.1 Å². The summed E-state index contributed by atoms with van der Waals surface area (Å²) >= 11 is 0. The Morgan fingerprint density at radius 3 is 2.94 bits per heavy atom. The Morgan fingerprint density at radius 2 is 2.06 bits per heavy atom. The molecule has 1 amide bonds. The fourth-order valence-electron chi connectivity index (χ4n) is 4.47. The molecule has 1 aromatic carbocycles. The highest BCUT2D eigenvalue weighted by Gasteiger charge is 2.25. The second-order valence-electron chi connectivity index (χ2n) is 8.78. The fraction of sp³-hybridized carbons (Fsp3) is 0.296. The summed E-state index contributed by atoms with van der Waals surface area (Å²) < 4.78 is 7.95. The monoisotopic (exact) mass is 455 g/mol. The highest BCUT2D eigenvalue weighted by molar-refractivity contribution is 5.95. The quantitative estimate of drug-likeness (QED) is 0.476. The molecular weight excluding hydrogens is 426 g/mol. The lowest BCUT2D eigenvalue weighted by molar-refractivity contribution is 0.0737. The predicted octanol–water partition coefficient (Wildman–Crippen LogP) is 3.98. The SMILES string of the molecule is Cc1ccc(C(=O)N2CCOC[C@@H](Cc3nccn4cccc34)C2)cc1NCc1ccccn1. The van der Waals surface area contributed by atoms with Gasteiger partial charge in [0.15, 0.2) is 0 Å². The van der Waals surface area contributed by atoms with E-state index in [0.29, 0.717) is 38.4 Å². The topological polar surface area (TPSA) is 71.8 Å². The van der Waals surface area contributed by atoms with Gasteiger partial charge in [0.05, 0.1) is 36.7 Å². The molecule has 1 N–H and O–H groups in total. The van der Waals surface area contributed by atoms with Crippen molar-refractivity contribution in [1.82, 2.24) is 19.3 Å². The van der Waals surface area contributed by atoms with Gasteiger partial charge < -0.3 is 19.4 Å². The summed E-state index contributed by atoms with van der Waals surface area (Å²) in [5.74, 6) is 0.220. The fourth-order valence-corrected chi connectivity index (χ4v) is 4.47. The van der Waals surface area contributed by atoms with Crippen LogP contribution in [0.1, 0.15) is 27.3 Å². The molecule has 0 bridgehead atoms. The Kier molecular flexibility index (Phi) is 6.53. The van der Waals surface area contributed by atoms with Crippen molar-refractivity contribution in [3.05, 3.63) is 95.8 Å². The zero-order valence-corrected chi connectivity index (χ0v) is 19.4. The number of hydrogen-bond acceptors (Lipinski definition) is 5. The normalized spacial score (nSPS) is 16.4. The summed E-state index contributed by atoms with van der Waals surface area (Å²) in [6.07, 6.45) is 8.36. The first kappa shape index (κ1) is 22.1. The van der Waals surface area contributed by atoms with Crippen LogP contribution >= 0.6 is 0 Å². The summed E-state index contributed by atoms with van der Waals surface area (Å²) in [6.45, 7) is 5.05. The van der Waals surface area contributed by atoms with E-state index in [4.69, 9.17) is 4.74 Å². The van der Waals surface area contributed by atoms with Crippen LogP contribution in [-0.2, 0) is 17.7 Å². The van der Waals surface area contributed by atoms with Crippen LogP contribution in [0.4, 0.5) is 5.69 Å². The van der Waals surface area contributed by atoms with Crippen molar-refractivity contribution in [2.45, 2.75) is 19.9 Å². The molecule has 7 nitrogen and oxygen atoms in total. The van der Waals surface area contributed by atoms with E-state index in [9.17, 15) is 4.79 Å². The van der Waals surface area contributed by atoms with E-state index in [1.54, 1.807) is 6.20 Å². The third-order valence-electron chi connectivity index (χ3n) is 6.31. The van der Waals surface area contributed by atoms with Gasteiger partial charge in [0.1, 0.15) is 0 Å². The first-order valence-corrected chi connectivity index (χ1v) is 11.7. The number of carbonyl (C=O) groups excluding carboxylic acids is 1. The molecule has 3 aromatic heterocycles. The maximum absolute atomic E-state index is 13.5. The Morgan fingerprint density at radius 1 is 1.12 bits per heavy atom. The van der Waals surface area contributed by atoms with Gasteiger partial charge in [0, 0.05) is 55.0 Å². The highest BCUT2D eigenvalue weighted by Crippen LogP contribution is 2.22. The average Bonchev–Trinajstić information content (AvgIpc) is 3.24. The molecule has 1 saturated heterocycles. The summed E-state index contributed by atoms with van der Waals surface area (Å²) in [5, 5.41) is 3.43. The van der Waals surface area contributed by atoms with Crippen molar-refractivity contribution in [2.24, 2.45) is 5.92 Å². The highest BCUT2D eigenvalue weighted by atomic mass is 16.5. The third-order valence-corrected chi connectivity index (χ3v) is 6.31. The molecule has 1 fully saturated rings. The Hall–Kier alpha value is -3.71. The number of aromatic nitrogens is 3. The lowest BCUT2D eigenvalue weighted by Gasteiger charge is -2.24. The predicted molar refractivity (Wildman–Crippen MR) is 132 cm³/mol. The van der Waals surface area contributed by atoms with Crippen molar-refractivity contribution in [3.63, 3.8) is 0 Å². The van der Waals surface area contributed by atoms with Crippen molar-refractivity contribution in [3.8, 4) is 0 Å². The molecular formula is C27H29N5O2.